The highest BCUT2D eigenvalue weighted by atomic mass is 15.4. The third-order valence-corrected chi connectivity index (χ3v) is 7.00. The molecule has 1 aliphatic heterocycles. The summed E-state index contributed by atoms with van der Waals surface area (Å²) in [5.41, 5.74) is 6.41. The van der Waals surface area contributed by atoms with E-state index < -0.39 is 0 Å². The van der Waals surface area contributed by atoms with Crippen molar-refractivity contribution in [1.82, 2.24) is 9.97 Å². The molecule has 1 fully saturated rings. The third-order valence-electron chi connectivity index (χ3n) is 7.00. The Morgan fingerprint density at radius 2 is 1.30 bits per heavy atom. The second-order valence-electron chi connectivity index (χ2n) is 9.01. The van der Waals surface area contributed by atoms with Gasteiger partial charge in [-0.25, -0.2) is 9.97 Å². The van der Waals surface area contributed by atoms with Crippen molar-refractivity contribution in [3.8, 4) is 11.1 Å². The van der Waals surface area contributed by atoms with E-state index in [-0.39, 0.29) is 0 Å². The van der Waals surface area contributed by atoms with E-state index in [0.717, 1.165) is 23.0 Å². The van der Waals surface area contributed by atoms with Crippen molar-refractivity contribution in [1.29, 1.82) is 0 Å². The van der Waals surface area contributed by atoms with Crippen molar-refractivity contribution < 1.29 is 0 Å². The molecule has 2 aliphatic rings. The molecule has 4 nitrogen and oxygen atoms in total. The lowest BCUT2D eigenvalue weighted by Crippen LogP contribution is -2.24. The molecule has 3 aromatic carbocycles. The van der Waals surface area contributed by atoms with Gasteiger partial charge in [0.15, 0.2) is 11.6 Å². The minimum absolute atomic E-state index is 0.672. The highest BCUT2D eigenvalue weighted by Gasteiger charge is 2.30. The first-order valence-electron chi connectivity index (χ1n) is 12.0. The van der Waals surface area contributed by atoms with Gasteiger partial charge in [-0.1, -0.05) is 73.9 Å². The second kappa shape index (κ2) is 8.70. The van der Waals surface area contributed by atoms with Crippen LogP contribution in [-0.4, -0.2) is 16.6 Å². The maximum atomic E-state index is 4.71. The summed E-state index contributed by atoms with van der Waals surface area (Å²) in [7, 11) is 0. The van der Waals surface area contributed by atoms with Crippen LogP contribution in [0.3, 0.4) is 0 Å². The molecule has 4 aromatic rings. The van der Waals surface area contributed by atoms with Crippen LogP contribution in [0.15, 0.2) is 91.3 Å². The summed E-state index contributed by atoms with van der Waals surface area (Å²) in [6, 6.07) is 28.3. The zero-order valence-electron chi connectivity index (χ0n) is 18.8. The van der Waals surface area contributed by atoms with Gasteiger partial charge < -0.3 is 9.80 Å². The van der Waals surface area contributed by atoms with Crippen molar-refractivity contribution in [2.24, 2.45) is 0 Å². The zero-order chi connectivity index (χ0) is 22.0. The van der Waals surface area contributed by atoms with Gasteiger partial charge in [0.2, 0.25) is 0 Å². The molecule has 1 saturated carbocycles. The van der Waals surface area contributed by atoms with E-state index in [0.29, 0.717) is 12.6 Å². The Kier molecular flexibility index (Phi) is 5.27. The molecule has 0 N–H and O–H groups in total. The highest BCUT2D eigenvalue weighted by molar-refractivity contribution is 5.83. The van der Waals surface area contributed by atoms with Crippen LogP contribution in [0.25, 0.3) is 11.1 Å². The summed E-state index contributed by atoms with van der Waals surface area (Å²) in [6.45, 7) is 0.692. The van der Waals surface area contributed by atoms with Gasteiger partial charge in [-0.3, -0.25) is 0 Å². The molecule has 0 amide bonds. The largest absolute Gasteiger partial charge is 0.305 e. The van der Waals surface area contributed by atoms with Crippen molar-refractivity contribution in [3.05, 3.63) is 96.8 Å². The molecular formula is C29H28N4. The summed E-state index contributed by atoms with van der Waals surface area (Å²) in [6.07, 6.45) is 10.2. The topological polar surface area (TPSA) is 32.3 Å². The number of anilines is 4. The van der Waals surface area contributed by atoms with E-state index in [1.54, 1.807) is 12.4 Å². The Balaban J connectivity index is 1.38. The lowest BCUT2D eigenvalue weighted by molar-refractivity contribution is 0.444. The molecule has 2 heterocycles. The van der Waals surface area contributed by atoms with E-state index >= 15 is 0 Å². The molecule has 6 rings (SSSR count). The second-order valence-corrected chi connectivity index (χ2v) is 9.01. The van der Waals surface area contributed by atoms with Crippen LogP contribution < -0.4 is 9.80 Å². The van der Waals surface area contributed by atoms with E-state index in [1.165, 1.54) is 48.8 Å². The van der Waals surface area contributed by atoms with Crippen LogP contribution in [-0.2, 0) is 0 Å². The monoisotopic (exact) mass is 432 g/mol. The van der Waals surface area contributed by atoms with Crippen molar-refractivity contribution in [2.75, 3.05) is 16.5 Å². The van der Waals surface area contributed by atoms with Crippen LogP contribution in [0, 0.1) is 0 Å². The van der Waals surface area contributed by atoms with Crippen LogP contribution in [0.1, 0.15) is 43.6 Å². The first kappa shape index (κ1) is 20.0. The van der Waals surface area contributed by atoms with Crippen LogP contribution in [0.4, 0.5) is 23.0 Å². The van der Waals surface area contributed by atoms with Gasteiger partial charge in [-0.05, 0) is 59.7 Å². The summed E-state index contributed by atoms with van der Waals surface area (Å²) in [5, 5.41) is 0. The summed E-state index contributed by atoms with van der Waals surface area (Å²) in [4.78, 5) is 13.9. The fourth-order valence-electron chi connectivity index (χ4n) is 5.37. The fraction of sp³-hybridized carbons (Fsp3) is 0.241. The Bertz CT molecular complexity index is 1250. The minimum atomic E-state index is 0.672. The predicted octanol–water partition coefficient (Wildman–Crippen LogP) is 7.44. The van der Waals surface area contributed by atoms with Gasteiger partial charge >= 0.3 is 0 Å². The minimum Gasteiger partial charge on any atom is -0.305 e. The zero-order valence-corrected chi connectivity index (χ0v) is 18.8. The predicted molar refractivity (Wildman–Crippen MR) is 135 cm³/mol. The molecule has 33 heavy (non-hydrogen) atoms. The number of benzene rings is 3. The van der Waals surface area contributed by atoms with Gasteiger partial charge in [-0.15, -0.1) is 0 Å². The van der Waals surface area contributed by atoms with Gasteiger partial charge in [0.05, 0.1) is 0 Å². The average Bonchev–Trinajstić information content (AvgIpc) is 3.30. The van der Waals surface area contributed by atoms with Gasteiger partial charge in [0.1, 0.15) is 6.67 Å². The van der Waals surface area contributed by atoms with Crippen molar-refractivity contribution in [3.63, 3.8) is 0 Å². The summed E-state index contributed by atoms with van der Waals surface area (Å²) in [5.74, 6) is 2.47. The number of rotatable bonds is 4. The summed E-state index contributed by atoms with van der Waals surface area (Å²) < 4.78 is 0. The average molecular weight is 433 g/mol. The molecule has 0 spiro atoms. The molecule has 0 unspecified atom stereocenters. The Labute approximate surface area is 195 Å². The standard InChI is InChI=1S/C29H28N4/c1-3-10-22(11-4-1)26-16-7-8-17-27(26)23-12-9-15-25(20-23)33-21-32(24-13-5-2-6-14-24)28-29(33)31-19-18-30-28/h2,5-9,12-20,22H,1,3-4,10-11,21H2. The number of nitrogens with zero attached hydrogens (tertiary/aromatic N) is 4. The smallest absolute Gasteiger partial charge is 0.178 e. The number of aromatic nitrogens is 2. The molecule has 0 atom stereocenters. The first-order valence-corrected chi connectivity index (χ1v) is 12.0. The van der Waals surface area contributed by atoms with Crippen LogP contribution in [0.2, 0.25) is 0 Å². The SMILES string of the molecule is c1ccc(N2CN(c3cccc(-c4ccccc4C4CCCCC4)c3)c3nccnc32)cc1. The van der Waals surface area contributed by atoms with Crippen molar-refractivity contribution >= 4 is 23.0 Å². The molecule has 1 aromatic heterocycles. The van der Waals surface area contributed by atoms with E-state index in [4.69, 9.17) is 4.98 Å². The molecule has 164 valence electrons. The summed E-state index contributed by atoms with van der Waals surface area (Å²) >= 11 is 0. The Hall–Kier alpha value is -3.66. The normalized spacial score (nSPS) is 16.1. The van der Waals surface area contributed by atoms with Gasteiger partial charge in [0, 0.05) is 23.8 Å². The van der Waals surface area contributed by atoms with Crippen LogP contribution >= 0.6 is 0 Å². The quantitative estimate of drug-likeness (QED) is 0.335. The number of para-hydroxylation sites is 1. The molecule has 1 aliphatic carbocycles. The number of hydrogen-bond donors (Lipinski definition) is 0. The van der Waals surface area contributed by atoms with E-state index in [9.17, 15) is 0 Å². The first-order chi connectivity index (χ1) is 16.4. The molecular weight excluding hydrogens is 404 g/mol. The van der Waals surface area contributed by atoms with Crippen molar-refractivity contribution in [2.45, 2.75) is 38.0 Å². The van der Waals surface area contributed by atoms with Crippen LogP contribution in [0.5, 0.6) is 0 Å². The van der Waals surface area contributed by atoms with Gasteiger partial charge in [-0.2, -0.15) is 0 Å². The lowest BCUT2D eigenvalue weighted by Gasteiger charge is -2.25. The highest BCUT2D eigenvalue weighted by Crippen LogP contribution is 2.43. The maximum Gasteiger partial charge on any atom is 0.178 e. The lowest BCUT2D eigenvalue weighted by atomic mass is 9.81. The Morgan fingerprint density at radius 1 is 0.636 bits per heavy atom. The van der Waals surface area contributed by atoms with Gasteiger partial charge in [0.25, 0.3) is 0 Å². The third kappa shape index (κ3) is 3.76. The Morgan fingerprint density at radius 3 is 2.09 bits per heavy atom. The molecule has 0 bridgehead atoms. The fourth-order valence-corrected chi connectivity index (χ4v) is 5.37. The molecule has 0 saturated heterocycles. The number of fused-ring (bicyclic) bond motifs is 1. The van der Waals surface area contributed by atoms with E-state index in [1.807, 2.05) is 6.07 Å². The van der Waals surface area contributed by atoms with E-state index in [2.05, 4.69) is 87.6 Å². The number of hydrogen-bond acceptors (Lipinski definition) is 4. The maximum absolute atomic E-state index is 4.71. The molecule has 4 heteroatoms. The molecule has 0 radical (unpaired) electrons.